The first-order valence-corrected chi connectivity index (χ1v) is 12.4. The molecule has 31 heavy (non-hydrogen) atoms. The summed E-state index contributed by atoms with van der Waals surface area (Å²) in [5.74, 6) is 1.51. The van der Waals surface area contributed by atoms with Crippen LogP contribution in [-0.2, 0) is 18.6 Å². The van der Waals surface area contributed by atoms with Gasteiger partial charge in [0.05, 0.1) is 18.2 Å². The average molecular weight is 469 g/mol. The molecule has 2 heterocycles. The zero-order valence-corrected chi connectivity index (χ0v) is 19.4. The number of methoxy groups -OCH3 is 1. The molecule has 2 aromatic carbocycles. The van der Waals surface area contributed by atoms with Gasteiger partial charge in [-0.15, -0.1) is 11.3 Å². The number of fused-ring (bicyclic) bond motifs is 3. The summed E-state index contributed by atoms with van der Waals surface area (Å²) >= 11 is 9.35. The predicted molar refractivity (Wildman–Crippen MR) is 129 cm³/mol. The van der Waals surface area contributed by atoms with Crippen LogP contribution in [0.15, 0.2) is 58.5 Å². The maximum absolute atomic E-state index is 13.7. The number of benzene rings is 2. The fourth-order valence-electron chi connectivity index (χ4n) is 4.01. The summed E-state index contributed by atoms with van der Waals surface area (Å²) in [6, 6.07) is 15.4. The fourth-order valence-corrected chi connectivity index (χ4v) is 6.40. The van der Waals surface area contributed by atoms with E-state index in [-0.39, 0.29) is 5.56 Å². The molecular formula is C24H21ClN2O2S2. The first kappa shape index (κ1) is 20.6. The van der Waals surface area contributed by atoms with Gasteiger partial charge in [-0.05, 0) is 73.2 Å². The molecule has 4 aromatic rings. The molecule has 0 amide bonds. The van der Waals surface area contributed by atoms with Crippen LogP contribution < -0.4 is 10.3 Å². The number of rotatable bonds is 5. The molecule has 0 bridgehead atoms. The van der Waals surface area contributed by atoms with Gasteiger partial charge in [-0.1, -0.05) is 35.5 Å². The molecule has 0 unspecified atom stereocenters. The maximum Gasteiger partial charge on any atom is 0.267 e. The SMILES string of the molecule is COc1cccc(CSc2nc3sc4c(c3c(=O)n2-c2ccc(Cl)cc2)CCCC4)c1. The summed E-state index contributed by atoms with van der Waals surface area (Å²) in [5.41, 5.74) is 3.12. The van der Waals surface area contributed by atoms with Crippen LogP contribution in [0.2, 0.25) is 5.02 Å². The largest absolute Gasteiger partial charge is 0.497 e. The van der Waals surface area contributed by atoms with Crippen molar-refractivity contribution in [3.05, 3.63) is 79.9 Å². The molecule has 4 nitrogen and oxygen atoms in total. The second-order valence-electron chi connectivity index (χ2n) is 7.54. The van der Waals surface area contributed by atoms with Crippen LogP contribution in [-0.4, -0.2) is 16.7 Å². The lowest BCUT2D eigenvalue weighted by atomic mass is 9.97. The van der Waals surface area contributed by atoms with E-state index >= 15 is 0 Å². The molecule has 0 spiro atoms. The van der Waals surface area contributed by atoms with Gasteiger partial charge in [0.25, 0.3) is 5.56 Å². The van der Waals surface area contributed by atoms with E-state index in [0.29, 0.717) is 15.9 Å². The van der Waals surface area contributed by atoms with Crippen LogP contribution in [0.5, 0.6) is 5.75 Å². The van der Waals surface area contributed by atoms with Crippen LogP contribution in [0.3, 0.4) is 0 Å². The van der Waals surface area contributed by atoms with E-state index in [1.807, 2.05) is 42.5 Å². The van der Waals surface area contributed by atoms with Gasteiger partial charge in [0.2, 0.25) is 0 Å². The minimum Gasteiger partial charge on any atom is -0.497 e. The zero-order chi connectivity index (χ0) is 21.4. The Bertz CT molecular complexity index is 1310. The third-order valence-corrected chi connectivity index (χ3v) is 7.99. The zero-order valence-electron chi connectivity index (χ0n) is 17.1. The van der Waals surface area contributed by atoms with Crippen molar-refractivity contribution in [1.29, 1.82) is 0 Å². The number of halogens is 1. The van der Waals surface area contributed by atoms with E-state index in [4.69, 9.17) is 21.3 Å². The highest BCUT2D eigenvalue weighted by Crippen LogP contribution is 2.36. The minimum atomic E-state index is 0.0138. The summed E-state index contributed by atoms with van der Waals surface area (Å²) in [7, 11) is 1.67. The molecule has 0 N–H and O–H groups in total. The first-order valence-electron chi connectivity index (χ1n) is 10.2. The second-order valence-corrected chi connectivity index (χ2v) is 10.0. The Labute approximate surface area is 193 Å². The Morgan fingerprint density at radius 3 is 2.77 bits per heavy atom. The molecule has 2 aromatic heterocycles. The Hall–Kier alpha value is -2.28. The van der Waals surface area contributed by atoms with Gasteiger partial charge in [-0.2, -0.15) is 0 Å². The molecule has 0 saturated heterocycles. The lowest BCUT2D eigenvalue weighted by Crippen LogP contribution is -2.22. The molecule has 1 aliphatic carbocycles. The third kappa shape index (κ3) is 4.00. The van der Waals surface area contributed by atoms with E-state index in [1.165, 1.54) is 16.9 Å². The lowest BCUT2D eigenvalue weighted by Gasteiger charge is -2.14. The predicted octanol–water partition coefficient (Wildman–Crippen LogP) is 6.28. The summed E-state index contributed by atoms with van der Waals surface area (Å²) in [6.07, 6.45) is 4.32. The van der Waals surface area contributed by atoms with E-state index in [9.17, 15) is 4.79 Å². The number of ether oxygens (including phenoxy) is 1. The highest BCUT2D eigenvalue weighted by molar-refractivity contribution is 7.98. The Morgan fingerprint density at radius 1 is 1.16 bits per heavy atom. The van der Waals surface area contributed by atoms with Crippen molar-refractivity contribution in [1.82, 2.24) is 9.55 Å². The van der Waals surface area contributed by atoms with Crippen molar-refractivity contribution < 1.29 is 4.74 Å². The normalized spacial score (nSPS) is 13.4. The molecule has 1 aliphatic rings. The Morgan fingerprint density at radius 2 is 1.97 bits per heavy atom. The highest BCUT2D eigenvalue weighted by atomic mass is 35.5. The lowest BCUT2D eigenvalue weighted by molar-refractivity contribution is 0.414. The summed E-state index contributed by atoms with van der Waals surface area (Å²) < 4.78 is 7.08. The van der Waals surface area contributed by atoms with Crippen LogP contribution >= 0.6 is 34.7 Å². The van der Waals surface area contributed by atoms with E-state index in [1.54, 1.807) is 34.8 Å². The molecule has 0 aliphatic heterocycles. The van der Waals surface area contributed by atoms with Gasteiger partial charge < -0.3 is 4.74 Å². The monoisotopic (exact) mass is 468 g/mol. The van der Waals surface area contributed by atoms with Crippen LogP contribution in [0.1, 0.15) is 28.8 Å². The molecular weight excluding hydrogens is 448 g/mol. The van der Waals surface area contributed by atoms with Gasteiger partial charge in [0, 0.05) is 15.7 Å². The average Bonchev–Trinajstić information content (AvgIpc) is 3.17. The summed E-state index contributed by atoms with van der Waals surface area (Å²) in [6.45, 7) is 0. The van der Waals surface area contributed by atoms with Crippen LogP contribution in [0, 0.1) is 0 Å². The molecule has 0 atom stereocenters. The smallest absolute Gasteiger partial charge is 0.267 e. The quantitative estimate of drug-likeness (QED) is 0.255. The Balaban J connectivity index is 1.63. The van der Waals surface area contributed by atoms with Gasteiger partial charge in [0.1, 0.15) is 10.6 Å². The summed E-state index contributed by atoms with van der Waals surface area (Å²) in [4.78, 5) is 20.9. The van der Waals surface area contributed by atoms with Crippen molar-refractivity contribution in [3.8, 4) is 11.4 Å². The number of aromatic nitrogens is 2. The van der Waals surface area contributed by atoms with Gasteiger partial charge >= 0.3 is 0 Å². The fraction of sp³-hybridized carbons (Fsp3) is 0.250. The number of aryl methyl sites for hydroxylation is 2. The number of thiophene rings is 1. The van der Waals surface area contributed by atoms with Gasteiger partial charge in [-0.25, -0.2) is 4.98 Å². The number of nitrogens with zero attached hydrogens (tertiary/aromatic N) is 2. The van der Waals surface area contributed by atoms with Crippen molar-refractivity contribution in [2.45, 2.75) is 36.6 Å². The number of thioether (sulfide) groups is 1. The molecule has 7 heteroatoms. The van der Waals surface area contributed by atoms with Crippen molar-refractivity contribution in [2.24, 2.45) is 0 Å². The molecule has 158 valence electrons. The molecule has 5 rings (SSSR count). The van der Waals surface area contributed by atoms with Crippen molar-refractivity contribution in [3.63, 3.8) is 0 Å². The van der Waals surface area contributed by atoms with E-state index < -0.39 is 0 Å². The second kappa shape index (κ2) is 8.69. The highest BCUT2D eigenvalue weighted by Gasteiger charge is 2.23. The van der Waals surface area contributed by atoms with Crippen LogP contribution in [0.25, 0.3) is 15.9 Å². The van der Waals surface area contributed by atoms with Gasteiger partial charge in [0.15, 0.2) is 5.16 Å². The van der Waals surface area contributed by atoms with E-state index in [0.717, 1.165) is 46.5 Å². The maximum atomic E-state index is 13.7. The van der Waals surface area contributed by atoms with Crippen LogP contribution in [0.4, 0.5) is 0 Å². The molecule has 0 radical (unpaired) electrons. The topological polar surface area (TPSA) is 44.1 Å². The minimum absolute atomic E-state index is 0.0138. The van der Waals surface area contributed by atoms with Crippen molar-refractivity contribution in [2.75, 3.05) is 7.11 Å². The van der Waals surface area contributed by atoms with E-state index in [2.05, 4.69) is 6.07 Å². The Kier molecular flexibility index (Phi) is 5.78. The standard InChI is InChI=1S/C24H21ClN2O2S2/c1-29-18-6-4-5-15(13-18)14-30-24-26-22-21(19-7-2-3-8-20(19)31-22)23(28)27(24)17-11-9-16(25)10-12-17/h4-6,9-13H,2-3,7-8,14H2,1H3. The van der Waals surface area contributed by atoms with Crippen molar-refractivity contribution >= 4 is 44.9 Å². The third-order valence-electron chi connectivity index (χ3n) is 5.55. The number of hydrogen-bond acceptors (Lipinski definition) is 5. The molecule has 0 saturated carbocycles. The molecule has 0 fully saturated rings. The first-order chi connectivity index (χ1) is 15.1. The summed E-state index contributed by atoms with van der Waals surface area (Å²) in [5, 5.41) is 2.13. The van der Waals surface area contributed by atoms with Gasteiger partial charge in [-0.3, -0.25) is 9.36 Å². The number of hydrogen-bond donors (Lipinski definition) is 0.